The van der Waals surface area contributed by atoms with Gasteiger partial charge in [-0.05, 0) is 28.5 Å². The summed E-state index contributed by atoms with van der Waals surface area (Å²) in [6, 6.07) is 1.80. The molecule has 0 atom stereocenters. The van der Waals surface area contributed by atoms with E-state index in [0.717, 1.165) is 16.6 Å². The van der Waals surface area contributed by atoms with Gasteiger partial charge in [-0.3, -0.25) is 0 Å². The van der Waals surface area contributed by atoms with E-state index in [2.05, 4.69) is 26.2 Å². The quantitative estimate of drug-likeness (QED) is 0.876. The Balaban J connectivity index is 2.72. The van der Waals surface area contributed by atoms with Gasteiger partial charge in [0, 0.05) is 22.8 Å². The van der Waals surface area contributed by atoms with Crippen LogP contribution in [0.4, 0.5) is 8.78 Å². The molecule has 0 bridgehead atoms. The summed E-state index contributed by atoms with van der Waals surface area (Å²) in [5.74, 6) is 0.254. The minimum Gasteiger partial charge on any atom is -0.471 e. The van der Waals surface area contributed by atoms with Crippen LogP contribution < -0.4 is 10.1 Å². The van der Waals surface area contributed by atoms with Gasteiger partial charge in [-0.1, -0.05) is 6.92 Å². The van der Waals surface area contributed by atoms with Crippen LogP contribution in [0.25, 0.3) is 0 Å². The van der Waals surface area contributed by atoms with Crippen molar-refractivity contribution in [3.63, 3.8) is 0 Å². The molecule has 1 N–H and O–H groups in total. The van der Waals surface area contributed by atoms with Crippen LogP contribution in [0.5, 0.6) is 5.88 Å². The lowest BCUT2D eigenvalue weighted by Crippen LogP contribution is -2.15. The molecule has 0 aromatic carbocycles. The standard InChI is InChI=1S/C10H13BrF2N2O/c1-2-14-4-7-3-8(11)5-15-10(7)16-6-9(12)13/h3,5,9,14H,2,4,6H2,1H3. The topological polar surface area (TPSA) is 34.2 Å². The Morgan fingerprint density at radius 1 is 1.56 bits per heavy atom. The zero-order valence-corrected chi connectivity index (χ0v) is 10.4. The maximum Gasteiger partial charge on any atom is 0.272 e. The van der Waals surface area contributed by atoms with Crippen LogP contribution in [-0.2, 0) is 6.54 Å². The third-order valence-corrected chi connectivity index (χ3v) is 2.24. The number of pyridine rings is 1. The third kappa shape index (κ3) is 4.40. The first-order chi connectivity index (χ1) is 7.63. The molecule has 0 aliphatic carbocycles. The number of nitrogens with one attached hydrogen (secondary N) is 1. The minimum absolute atomic E-state index is 0.254. The van der Waals surface area contributed by atoms with Crippen LogP contribution in [0.15, 0.2) is 16.7 Å². The highest BCUT2D eigenvalue weighted by Gasteiger charge is 2.09. The van der Waals surface area contributed by atoms with Gasteiger partial charge in [0.15, 0.2) is 6.61 Å². The molecule has 0 saturated heterocycles. The summed E-state index contributed by atoms with van der Waals surface area (Å²) in [5.41, 5.74) is 0.761. The molecule has 6 heteroatoms. The van der Waals surface area contributed by atoms with Gasteiger partial charge in [-0.2, -0.15) is 0 Å². The molecular formula is C10H13BrF2N2O. The SMILES string of the molecule is CCNCc1cc(Br)cnc1OCC(F)F. The van der Waals surface area contributed by atoms with E-state index in [1.807, 2.05) is 6.92 Å². The lowest BCUT2D eigenvalue weighted by atomic mass is 10.2. The molecular weight excluding hydrogens is 282 g/mol. The summed E-state index contributed by atoms with van der Waals surface area (Å²) in [5, 5.41) is 3.09. The predicted octanol–water partition coefficient (Wildman–Crippen LogP) is 2.60. The molecule has 0 unspecified atom stereocenters. The molecule has 0 aliphatic rings. The second-order valence-corrected chi connectivity index (χ2v) is 4.02. The van der Waals surface area contributed by atoms with Crippen molar-refractivity contribution >= 4 is 15.9 Å². The Kier molecular flexibility index (Phi) is 5.62. The van der Waals surface area contributed by atoms with Crippen molar-refractivity contribution in [2.24, 2.45) is 0 Å². The van der Waals surface area contributed by atoms with Gasteiger partial charge < -0.3 is 10.1 Å². The van der Waals surface area contributed by atoms with Gasteiger partial charge >= 0.3 is 0 Å². The maximum atomic E-state index is 12.0. The molecule has 0 amide bonds. The normalized spacial score (nSPS) is 10.8. The van der Waals surface area contributed by atoms with Crippen LogP contribution in [0.2, 0.25) is 0 Å². The number of ether oxygens (including phenoxy) is 1. The number of nitrogens with zero attached hydrogens (tertiary/aromatic N) is 1. The molecule has 1 heterocycles. The first-order valence-corrected chi connectivity index (χ1v) is 5.69. The van der Waals surface area contributed by atoms with E-state index >= 15 is 0 Å². The van der Waals surface area contributed by atoms with Crippen molar-refractivity contribution in [3.8, 4) is 5.88 Å². The van der Waals surface area contributed by atoms with Crippen molar-refractivity contribution in [3.05, 3.63) is 22.3 Å². The molecule has 1 rings (SSSR count). The number of hydrogen-bond acceptors (Lipinski definition) is 3. The predicted molar refractivity (Wildman–Crippen MR) is 60.8 cm³/mol. The maximum absolute atomic E-state index is 12.0. The summed E-state index contributed by atoms with van der Waals surface area (Å²) in [6.07, 6.45) is -0.964. The van der Waals surface area contributed by atoms with Crippen LogP contribution in [-0.4, -0.2) is 24.6 Å². The third-order valence-electron chi connectivity index (χ3n) is 1.80. The van der Waals surface area contributed by atoms with E-state index in [4.69, 9.17) is 4.74 Å². The van der Waals surface area contributed by atoms with Gasteiger partial charge in [0.25, 0.3) is 6.43 Å². The van der Waals surface area contributed by atoms with Gasteiger partial charge in [-0.15, -0.1) is 0 Å². The van der Waals surface area contributed by atoms with E-state index in [9.17, 15) is 8.78 Å². The second kappa shape index (κ2) is 6.75. The fraction of sp³-hybridized carbons (Fsp3) is 0.500. The highest BCUT2D eigenvalue weighted by Crippen LogP contribution is 2.20. The number of rotatable bonds is 6. The van der Waals surface area contributed by atoms with E-state index < -0.39 is 13.0 Å². The number of aromatic nitrogens is 1. The summed E-state index contributed by atoms with van der Waals surface area (Å²) < 4.78 is 29.7. The fourth-order valence-corrected chi connectivity index (χ4v) is 1.51. The van der Waals surface area contributed by atoms with Crippen LogP contribution in [0, 0.1) is 0 Å². The Morgan fingerprint density at radius 3 is 2.94 bits per heavy atom. The van der Waals surface area contributed by atoms with Gasteiger partial charge in [0.05, 0.1) is 0 Å². The van der Waals surface area contributed by atoms with Crippen LogP contribution in [0.1, 0.15) is 12.5 Å². The Bertz CT molecular complexity index is 337. The summed E-state index contributed by atoms with van der Waals surface area (Å²) >= 11 is 3.27. The summed E-state index contributed by atoms with van der Waals surface area (Å²) in [6.45, 7) is 2.67. The molecule has 1 aromatic heterocycles. The average molecular weight is 295 g/mol. The fourth-order valence-electron chi connectivity index (χ4n) is 1.13. The number of halogens is 3. The first kappa shape index (κ1) is 13.3. The second-order valence-electron chi connectivity index (χ2n) is 3.10. The van der Waals surface area contributed by atoms with Crippen molar-refractivity contribution in [1.82, 2.24) is 10.3 Å². The zero-order valence-electron chi connectivity index (χ0n) is 8.84. The largest absolute Gasteiger partial charge is 0.471 e. The smallest absolute Gasteiger partial charge is 0.272 e. The van der Waals surface area contributed by atoms with Crippen molar-refractivity contribution in [2.75, 3.05) is 13.2 Å². The molecule has 90 valence electrons. The van der Waals surface area contributed by atoms with E-state index in [1.54, 1.807) is 6.07 Å². The van der Waals surface area contributed by atoms with Crippen molar-refractivity contribution in [1.29, 1.82) is 0 Å². The summed E-state index contributed by atoms with van der Waals surface area (Å²) in [4.78, 5) is 3.96. The number of alkyl halides is 2. The molecule has 16 heavy (non-hydrogen) atoms. The molecule has 0 radical (unpaired) electrons. The van der Waals surface area contributed by atoms with Gasteiger partial charge in [0.1, 0.15) is 0 Å². The molecule has 0 fully saturated rings. The van der Waals surface area contributed by atoms with Crippen molar-refractivity contribution < 1.29 is 13.5 Å². The highest BCUT2D eigenvalue weighted by molar-refractivity contribution is 9.10. The molecule has 3 nitrogen and oxygen atoms in total. The van der Waals surface area contributed by atoms with E-state index in [1.165, 1.54) is 6.20 Å². The zero-order chi connectivity index (χ0) is 12.0. The molecule has 0 saturated carbocycles. The monoisotopic (exact) mass is 294 g/mol. The molecule has 1 aromatic rings. The summed E-state index contributed by atoms with van der Waals surface area (Å²) in [7, 11) is 0. The van der Waals surface area contributed by atoms with E-state index in [-0.39, 0.29) is 5.88 Å². The number of hydrogen-bond donors (Lipinski definition) is 1. The average Bonchev–Trinajstić information content (AvgIpc) is 2.24. The Hall–Kier alpha value is -0.750. The lowest BCUT2D eigenvalue weighted by molar-refractivity contribution is 0.0790. The lowest BCUT2D eigenvalue weighted by Gasteiger charge is -2.10. The van der Waals surface area contributed by atoms with Crippen LogP contribution >= 0.6 is 15.9 Å². The van der Waals surface area contributed by atoms with Crippen molar-refractivity contribution in [2.45, 2.75) is 19.9 Å². The molecule has 0 spiro atoms. The Morgan fingerprint density at radius 2 is 2.31 bits per heavy atom. The van der Waals surface area contributed by atoms with Gasteiger partial charge in [0.2, 0.25) is 5.88 Å². The van der Waals surface area contributed by atoms with Gasteiger partial charge in [-0.25, -0.2) is 13.8 Å². The molecule has 0 aliphatic heterocycles. The van der Waals surface area contributed by atoms with Crippen LogP contribution in [0.3, 0.4) is 0 Å². The highest BCUT2D eigenvalue weighted by atomic mass is 79.9. The minimum atomic E-state index is -2.49. The Labute approximate surface area is 101 Å². The first-order valence-electron chi connectivity index (χ1n) is 4.89. The van der Waals surface area contributed by atoms with E-state index in [0.29, 0.717) is 6.54 Å².